The van der Waals surface area contributed by atoms with E-state index in [0.29, 0.717) is 33.4 Å². The van der Waals surface area contributed by atoms with Gasteiger partial charge in [-0.2, -0.15) is 0 Å². The van der Waals surface area contributed by atoms with Gasteiger partial charge in [0.1, 0.15) is 15.2 Å². The second-order valence-corrected chi connectivity index (χ2v) is 5.45. The summed E-state index contributed by atoms with van der Waals surface area (Å²) in [4.78, 5) is 21.7. The van der Waals surface area contributed by atoms with Crippen LogP contribution in [0.2, 0.25) is 0 Å². The highest BCUT2D eigenvalue weighted by Gasteiger charge is 2.18. The number of nitrogen functional groups attached to an aromatic ring is 1. The van der Waals surface area contributed by atoms with Gasteiger partial charge >= 0.3 is 0 Å². The molecule has 0 aliphatic carbocycles. The van der Waals surface area contributed by atoms with E-state index in [2.05, 4.69) is 29.1 Å². The Morgan fingerprint density at radius 2 is 2.05 bits per heavy atom. The number of amides is 1. The molecule has 0 saturated carbocycles. The molecule has 5 nitrogen and oxygen atoms in total. The first-order valence-electron chi connectivity index (χ1n) is 6.44. The van der Waals surface area contributed by atoms with E-state index in [-0.39, 0.29) is 5.91 Å². The first-order chi connectivity index (χ1) is 9.17. The molecule has 0 saturated heterocycles. The fourth-order valence-electron chi connectivity index (χ4n) is 1.91. The first-order valence-corrected chi connectivity index (χ1v) is 7.26. The monoisotopic (exact) mass is 278 g/mol. The summed E-state index contributed by atoms with van der Waals surface area (Å²) in [5, 5.41) is 2.94. The lowest BCUT2D eigenvalue weighted by Crippen LogP contribution is -2.28. The summed E-state index contributed by atoms with van der Waals surface area (Å²) in [5.41, 5.74) is 7.00. The van der Waals surface area contributed by atoms with Crippen LogP contribution in [0.3, 0.4) is 0 Å². The highest BCUT2D eigenvalue weighted by atomic mass is 32.1. The molecule has 102 valence electrons. The molecule has 0 spiro atoms. The van der Waals surface area contributed by atoms with Crippen molar-refractivity contribution >= 4 is 33.3 Å². The van der Waals surface area contributed by atoms with Gasteiger partial charge in [0.05, 0.1) is 5.69 Å². The van der Waals surface area contributed by atoms with E-state index in [1.165, 1.54) is 11.3 Å². The summed E-state index contributed by atoms with van der Waals surface area (Å²) in [6.45, 7) is 4.93. The minimum Gasteiger partial charge on any atom is -0.396 e. The second-order valence-electron chi connectivity index (χ2n) is 4.45. The highest BCUT2D eigenvalue weighted by Crippen LogP contribution is 2.30. The number of fused-ring (bicyclic) bond motifs is 1. The lowest BCUT2D eigenvalue weighted by atomic mass is 10.0. The van der Waals surface area contributed by atoms with E-state index in [9.17, 15) is 4.79 Å². The molecule has 0 bridgehead atoms. The van der Waals surface area contributed by atoms with Crippen molar-refractivity contribution in [3.8, 4) is 0 Å². The number of nitrogens with zero attached hydrogens (tertiary/aromatic N) is 2. The molecule has 2 rings (SSSR count). The summed E-state index contributed by atoms with van der Waals surface area (Å²) in [5.74, 6) is 0.380. The first kappa shape index (κ1) is 13.7. The lowest BCUT2D eigenvalue weighted by Gasteiger charge is -2.12. The van der Waals surface area contributed by atoms with Crippen LogP contribution in [0.1, 0.15) is 36.4 Å². The summed E-state index contributed by atoms with van der Waals surface area (Å²) in [6.07, 6.45) is 5.30. The Bertz CT molecular complexity index is 577. The molecule has 3 N–H and O–H groups in total. The Morgan fingerprint density at radius 3 is 2.68 bits per heavy atom. The van der Waals surface area contributed by atoms with Crippen LogP contribution in [-0.4, -0.2) is 22.4 Å². The minimum absolute atomic E-state index is 0.130. The van der Waals surface area contributed by atoms with Crippen LogP contribution in [0, 0.1) is 5.92 Å². The third kappa shape index (κ3) is 2.84. The van der Waals surface area contributed by atoms with Crippen molar-refractivity contribution in [1.29, 1.82) is 0 Å². The number of rotatable bonds is 5. The number of nitrogens with two attached hydrogens (primary N) is 1. The Hall–Kier alpha value is -1.69. The van der Waals surface area contributed by atoms with Gasteiger partial charge in [-0.1, -0.05) is 26.7 Å². The SMILES string of the molecule is CCC(CC)CNC(=O)c1sc2nccnc2c1N. The molecule has 0 unspecified atom stereocenters. The van der Waals surface area contributed by atoms with Crippen molar-refractivity contribution in [1.82, 2.24) is 15.3 Å². The average Bonchev–Trinajstić information content (AvgIpc) is 2.78. The van der Waals surface area contributed by atoms with E-state index in [0.717, 1.165) is 12.8 Å². The number of nitrogens with one attached hydrogen (secondary N) is 1. The quantitative estimate of drug-likeness (QED) is 0.880. The van der Waals surface area contributed by atoms with E-state index < -0.39 is 0 Å². The predicted molar refractivity (Wildman–Crippen MR) is 78.2 cm³/mol. The van der Waals surface area contributed by atoms with E-state index >= 15 is 0 Å². The summed E-state index contributed by atoms with van der Waals surface area (Å²) < 4.78 is 0. The van der Waals surface area contributed by atoms with Gasteiger partial charge in [-0.15, -0.1) is 11.3 Å². The van der Waals surface area contributed by atoms with Crippen molar-refractivity contribution in [2.75, 3.05) is 12.3 Å². The number of hydrogen-bond donors (Lipinski definition) is 2. The Labute approximate surface area is 116 Å². The number of carbonyl (C=O) groups excluding carboxylic acids is 1. The molecule has 0 atom stereocenters. The maximum Gasteiger partial charge on any atom is 0.263 e. The Balaban J connectivity index is 2.15. The summed E-state index contributed by atoms with van der Waals surface area (Å²) in [7, 11) is 0. The van der Waals surface area contributed by atoms with Crippen LogP contribution in [0.15, 0.2) is 12.4 Å². The zero-order valence-electron chi connectivity index (χ0n) is 11.1. The zero-order chi connectivity index (χ0) is 13.8. The maximum absolute atomic E-state index is 12.1. The van der Waals surface area contributed by atoms with Gasteiger partial charge in [0.2, 0.25) is 0 Å². The molecule has 0 radical (unpaired) electrons. The third-order valence-electron chi connectivity index (χ3n) is 3.28. The molecule has 0 fully saturated rings. The van der Waals surface area contributed by atoms with Gasteiger partial charge in [-0.05, 0) is 5.92 Å². The second kappa shape index (κ2) is 5.97. The van der Waals surface area contributed by atoms with Crippen LogP contribution < -0.4 is 11.1 Å². The number of thiophene rings is 1. The highest BCUT2D eigenvalue weighted by molar-refractivity contribution is 7.21. The smallest absolute Gasteiger partial charge is 0.263 e. The van der Waals surface area contributed by atoms with Gasteiger partial charge in [0.15, 0.2) is 0 Å². The number of aromatic nitrogens is 2. The molecule has 1 amide bonds. The van der Waals surface area contributed by atoms with Crippen molar-refractivity contribution in [2.45, 2.75) is 26.7 Å². The van der Waals surface area contributed by atoms with Crippen LogP contribution in [-0.2, 0) is 0 Å². The Kier molecular flexibility index (Phi) is 4.31. The van der Waals surface area contributed by atoms with Gasteiger partial charge in [-0.3, -0.25) is 4.79 Å². The van der Waals surface area contributed by atoms with E-state index in [1.54, 1.807) is 12.4 Å². The number of anilines is 1. The van der Waals surface area contributed by atoms with Crippen molar-refractivity contribution < 1.29 is 4.79 Å². The van der Waals surface area contributed by atoms with E-state index in [4.69, 9.17) is 5.73 Å². The van der Waals surface area contributed by atoms with Gasteiger partial charge in [-0.25, -0.2) is 9.97 Å². The molecule has 2 heterocycles. The van der Waals surface area contributed by atoms with Gasteiger partial charge < -0.3 is 11.1 Å². The molecule has 2 aromatic rings. The molecule has 0 aromatic carbocycles. The minimum atomic E-state index is -0.130. The van der Waals surface area contributed by atoms with Crippen molar-refractivity contribution in [2.24, 2.45) is 5.92 Å². The molecule has 0 aliphatic heterocycles. The Morgan fingerprint density at radius 1 is 1.37 bits per heavy atom. The van der Waals surface area contributed by atoms with Gasteiger partial charge in [0.25, 0.3) is 5.91 Å². The fourth-order valence-corrected chi connectivity index (χ4v) is 2.84. The van der Waals surface area contributed by atoms with Crippen LogP contribution >= 0.6 is 11.3 Å². The molecular formula is C13H18N4OS. The van der Waals surface area contributed by atoms with Gasteiger partial charge in [0, 0.05) is 18.9 Å². The van der Waals surface area contributed by atoms with Crippen molar-refractivity contribution in [3.05, 3.63) is 17.3 Å². The molecule has 6 heteroatoms. The molecule has 2 aromatic heterocycles. The molecule has 0 aliphatic rings. The third-order valence-corrected chi connectivity index (χ3v) is 4.38. The fraction of sp³-hybridized carbons (Fsp3) is 0.462. The lowest BCUT2D eigenvalue weighted by molar-refractivity contribution is 0.0951. The van der Waals surface area contributed by atoms with E-state index in [1.807, 2.05) is 0 Å². The number of hydrogen-bond acceptors (Lipinski definition) is 5. The van der Waals surface area contributed by atoms with Crippen LogP contribution in [0.25, 0.3) is 10.3 Å². The summed E-state index contributed by atoms with van der Waals surface area (Å²) in [6, 6.07) is 0. The standard InChI is InChI=1S/C13H18N4OS/c1-3-8(4-2)7-17-12(18)11-9(14)10-13(19-11)16-6-5-15-10/h5-6,8H,3-4,7,14H2,1-2H3,(H,17,18). The predicted octanol–water partition coefficient (Wildman–Crippen LogP) is 2.44. The largest absolute Gasteiger partial charge is 0.396 e. The average molecular weight is 278 g/mol. The van der Waals surface area contributed by atoms with Crippen molar-refractivity contribution in [3.63, 3.8) is 0 Å². The molecule has 19 heavy (non-hydrogen) atoms. The normalized spacial score (nSPS) is 11.1. The summed E-state index contributed by atoms with van der Waals surface area (Å²) >= 11 is 1.29. The molecular weight excluding hydrogens is 260 g/mol. The zero-order valence-corrected chi connectivity index (χ0v) is 12.0. The maximum atomic E-state index is 12.1. The van der Waals surface area contributed by atoms with Crippen LogP contribution in [0.5, 0.6) is 0 Å². The topological polar surface area (TPSA) is 80.9 Å². The number of carbonyl (C=O) groups is 1. The van der Waals surface area contributed by atoms with Crippen LogP contribution in [0.4, 0.5) is 5.69 Å².